The molecule has 0 bridgehead atoms. The number of imidazole rings is 1. The topological polar surface area (TPSA) is 152 Å². The summed E-state index contributed by atoms with van der Waals surface area (Å²) in [6.07, 6.45) is 7.24. The van der Waals surface area contributed by atoms with Crippen LogP contribution in [-0.4, -0.2) is 39.9 Å². The Balaban J connectivity index is 1.44. The molecule has 190 valence electrons. The minimum Gasteiger partial charge on any atom is -0.356 e. The summed E-state index contributed by atoms with van der Waals surface area (Å²) in [6, 6.07) is 10.9. The molecular weight excluding hydrogens is 487 g/mol. The van der Waals surface area contributed by atoms with Gasteiger partial charge in [-0.1, -0.05) is 23.4 Å². The average Bonchev–Trinajstić information content (AvgIpc) is 3.74. The first-order chi connectivity index (χ1) is 18.5. The van der Waals surface area contributed by atoms with Gasteiger partial charge in [0.05, 0.1) is 48.3 Å². The van der Waals surface area contributed by atoms with Crippen LogP contribution in [0.1, 0.15) is 40.4 Å². The fourth-order valence-corrected chi connectivity index (χ4v) is 5.30. The maximum Gasteiger partial charge on any atom is 0.240 e. The van der Waals surface area contributed by atoms with Gasteiger partial charge in [0.15, 0.2) is 5.54 Å². The molecule has 5 N–H and O–H groups in total. The smallest absolute Gasteiger partial charge is 0.240 e. The van der Waals surface area contributed by atoms with Crippen molar-refractivity contribution in [3.63, 3.8) is 0 Å². The van der Waals surface area contributed by atoms with E-state index in [1.165, 1.54) is 12.3 Å². The van der Waals surface area contributed by atoms with Crippen molar-refractivity contribution in [2.75, 3.05) is 0 Å². The third kappa shape index (κ3) is 3.38. The van der Waals surface area contributed by atoms with Crippen LogP contribution in [0.2, 0.25) is 0 Å². The Morgan fingerprint density at radius 2 is 2.03 bits per heavy atom. The van der Waals surface area contributed by atoms with E-state index in [1.54, 1.807) is 23.1 Å². The normalized spacial score (nSPS) is 19.2. The molecule has 0 unspecified atom stereocenters. The third-order valence-corrected chi connectivity index (χ3v) is 7.03. The van der Waals surface area contributed by atoms with Crippen LogP contribution in [0.4, 0.5) is 4.39 Å². The van der Waals surface area contributed by atoms with Crippen molar-refractivity contribution in [2.24, 2.45) is 12.8 Å². The van der Waals surface area contributed by atoms with Crippen LogP contribution < -0.4 is 11.1 Å². The van der Waals surface area contributed by atoms with Crippen LogP contribution >= 0.6 is 0 Å². The number of pyridine rings is 1. The molecule has 0 spiro atoms. The van der Waals surface area contributed by atoms with Gasteiger partial charge in [-0.05, 0) is 30.2 Å². The highest BCUT2D eigenvalue weighted by molar-refractivity contribution is 5.86. The maximum absolute atomic E-state index is 13.4. The molecule has 0 amide bonds. The molecule has 38 heavy (non-hydrogen) atoms. The Bertz CT molecular complexity index is 1760. The molecule has 1 aliphatic rings. The number of fused-ring (bicyclic) bond motifs is 3. The van der Waals surface area contributed by atoms with E-state index < -0.39 is 11.4 Å². The molecule has 5 aromatic heterocycles. The molecule has 1 aromatic carbocycles. The highest BCUT2D eigenvalue weighted by Crippen LogP contribution is 2.45. The zero-order chi connectivity index (χ0) is 25.9. The second kappa shape index (κ2) is 8.43. The van der Waals surface area contributed by atoms with Gasteiger partial charge < -0.3 is 20.2 Å². The van der Waals surface area contributed by atoms with E-state index in [9.17, 15) is 4.39 Å². The van der Waals surface area contributed by atoms with Crippen molar-refractivity contribution in [1.29, 1.82) is 0 Å². The number of H-pyrrole nitrogens is 2. The molecule has 1 aliphatic heterocycles. The van der Waals surface area contributed by atoms with E-state index in [1.807, 2.05) is 31.4 Å². The van der Waals surface area contributed by atoms with Crippen LogP contribution in [0.25, 0.3) is 22.3 Å². The number of halogens is 1. The summed E-state index contributed by atoms with van der Waals surface area (Å²) < 4.78 is 20.7. The zero-order valence-corrected chi connectivity index (χ0v) is 20.3. The summed E-state index contributed by atoms with van der Waals surface area (Å²) in [5.74, 6) is 1.04. The number of hydrogen-bond donors (Lipinski definition) is 4. The zero-order valence-electron chi connectivity index (χ0n) is 20.3. The first kappa shape index (κ1) is 22.5. The molecule has 6 aromatic rings. The minimum atomic E-state index is -1.04. The lowest BCUT2D eigenvalue weighted by atomic mass is 9.79. The predicted octanol–water partition coefficient (Wildman–Crippen LogP) is 2.85. The lowest BCUT2D eigenvalue weighted by molar-refractivity contribution is 0.316. The fraction of sp³-hybridized carbons (Fsp3) is 0.192. The van der Waals surface area contributed by atoms with Gasteiger partial charge in [0.1, 0.15) is 11.6 Å². The Morgan fingerprint density at radius 1 is 1.13 bits per heavy atom. The summed E-state index contributed by atoms with van der Waals surface area (Å²) in [4.78, 5) is 20.5. The van der Waals surface area contributed by atoms with Crippen LogP contribution in [0, 0.1) is 5.82 Å². The Labute approximate surface area is 215 Å². The molecule has 2 atom stereocenters. The van der Waals surface area contributed by atoms with Crippen LogP contribution in [0.15, 0.2) is 65.7 Å². The van der Waals surface area contributed by atoms with Crippen LogP contribution in [0.5, 0.6) is 0 Å². The molecule has 11 nitrogen and oxygen atoms in total. The number of nitrogens with zero attached hydrogens (tertiary/aromatic N) is 6. The highest BCUT2D eigenvalue weighted by Gasteiger charge is 2.50. The largest absolute Gasteiger partial charge is 0.356 e. The molecule has 0 saturated carbocycles. The van der Waals surface area contributed by atoms with Gasteiger partial charge >= 0.3 is 0 Å². The van der Waals surface area contributed by atoms with Gasteiger partial charge in [0.2, 0.25) is 11.7 Å². The van der Waals surface area contributed by atoms with Crippen molar-refractivity contribution in [3.8, 4) is 11.4 Å². The number of aryl methyl sites for hydroxylation is 1. The van der Waals surface area contributed by atoms with Crippen molar-refractivity contribution >= 4 is 10.9 Å². The first-order valence-corrected chi connectivity index (χ1v) is 12.1. The van der Waals surface area contributed by atoms with E-state index in [4.69, 9.17) is 10.3 Å². The SMILES string of the molecule is Cn1cc([C@@]2(c3noc(CN)n3)N[C@@H](c3ncc(-c4ccc(F)cn4)[nH]3)Cc3c2[nH]c2ccccc32)cn1. The van der Waals surface area contributed by atoms with Crippen molar-refractivity contribution in [3.05, 3.63) is 101 Å². The molecule has 6 heterocycles. The number of para-hydroxylation sites is 1. The second-order valence-corrected chi connectivity index (χ2v) is 9.34. The van der Waals surface area contributed by atoms with Crippen molar-refractivity contribution < 1.29 is 8.91 Å². The van der Waals surface area contributed by atoms with E-state index in [0.29, 0.717) is 35.3 Å². The van der Waals surface area contributed by atoms with Gasteiger partial charge in [-0.25, -0.2) is 9.37 Å². The summed E-state index contributed by atoms with van der Waals surface area (Å²) in [5.41, 5.74) is 9.90. The number of nitrogens with two attached hydrogens (primary N) is 1. The molecule has 0 fully saturated rings. The van der Waals surface area contributed by atoms with E-state index in [0.717, 1.165) is 27.7 Å². The summed E-state index contributed by atoms with van der Waals surface area (Å²) in [7, 11) is 1.86. The van der Waals surface area contributed by atoms with Crippen molar-refractivity contribution in [1.82, 2.24) is 45.2 Å². The summed E-state index contributed by atoms with van der Waals surface area (Å²) >= 11 is 0. The maximum atomic E-state index is 13.4. The first-order valence-electron chi connectivity index (χ1n) is 12.1. The van der Waals surface area contributed by atoms with E-state index in [-0.39, 0.29) is 12.6 Å². The summed E-state index contributed by atoms with van der Waals surface area (Å²) in [5, 5.41) is 13.7. The number of aromatic nitrogens is 8. The van der Waals surface area contributed by atoms with E-state index in [2.05, 4.69) is 46.6 Å². The minimum absolute atomic E-state index is 0.116. The van der Waals surface area contributed by atoms with Gasteiger partial charge in [0.25, 0.3) is 0 Å². The van der Waals surface area contributed by atoms with Crippen LogP contribution in [0.3, 0.4) is 0 Å². The third-order valence-electron chi connectivity index (χ3n) is 7.03. The standard InChI is InChI=1S/C26H23FN10O/c1-37-13-14(10-31-37)26(25-34-22(9-28)38-36-25)23-17(16-4-2-3-5-18(16)32-23)8-20(35-26)24-30-12-21(33-24)19-7-6-15(27)11-29-19/h2-7,10-13,20,32,35H,8-9,28H2,1H3,(H,30,33)/t20-,26-/m1/s1. The highest BCUT2D eigenvalue weighted by atomic mass is 19.1. The Morgan fingerprint density at radius 3 is 2.79 bits per heavy atom. The molecule has 0 radical (unpaired) electrons. The number of nitrogens with one attached hydrogen (secondary N) is 3. The second-order valence-electron chi connectivity index (χ2n) is 9.34. The lowest BCUT2D eigenvalue weighted by Gasteiger charge is -2.39. The molecule has 0 saturated heterocycles. The number of hydrogen-bond acceptors (Lipinski definition) is 8. The number of benzene rings is 1. The Kier molecular flexibility index (Phi) is 5.00. The fourth-order valence-electron chi connectivity index (χ4n) is 5.30. The monoisotopic (exact) mass is 510 g/mol. The summed E-state index contributed by atoms with van der Waals surface area (Å²) in [6.45, 7) is 0.116. The molecular formula is C26H23FN10O. The van der Waals surface area contributed by atoms with Gasteiger partial charge in [-0.2, -0.15) is 10.1 Å². The van der Waals surface area contributed by atoms with E-state index >= 15 is 0 Å². The molecule has 0 aliphatic carbocycles. The molecule has 7 rings (SSSR count). The average molecular weight is 511 g/mol. The lowest BCUT2D eigenvalue weighted by Crippen LogP contribution is -2.51. The van der Waals surface area contributed by atoms with Crippen molar-refractivity contribution in [2.45, 2.75) is 24.5 Å². The number of rotatable bonds is 5. The Hall–Kier alpha value is -4.68. The van der Waals surface area contributed by atoms with Gasteiger partial charge in [-0.3, -0.25) is 15.0 Å². The molecule has 12 heteroatoms. The van der Waals surface area contributed by atoms with Gasteiger partial charge in [-0.15, -0.1) is 0 Å². The van der Waals surface area contributed by atoms with Gasteiger partial charge in [0, 0.05) is 29.7 Å². The predicted molar refractivity (Wildman–Crippen MR) is 135 cm³/mol. The quantitative estimate of drug-likeness (QED) is 0.276. The number of aromatic amines is 2. The van der Waals surface area contributed by atoms with Crippen LogP contribution in [-0.2, 0) is 25.6 Å².